The molecule has 7 nitrogen and oxygen atoms in total. The average molecular weight is 257 g/mol. The molecule has 0 saturated carbocycles. The molecular weight excluding hydrogens is 238 g/mol. The molecular formula is C11H19N3O4. The Balaban J connectivity index is 2.26. The highest BCUT2D eigenvalue weighted by atomic mass is 16.6. The van der Waals surface area contributed by atoms with E-state index in [-0.39, 0.29) is 31.4 Å². The molecule has 0 aliphatic carbocycles. The van der Waals surface area contributed by atoms with E-state index in [4.69, 9.17) is 4.74 Å². The van der Waals surface area contributed by atoms with Gasteiger partial charge in [0.1, 0.15) is 5.60 Å². The van der Waals surface area contributed by atoms with Gasteiger partial charge in [-0.25, -0.2) is 4.79 Å². The number of hydrogen-bond donors (Lipinski definition) is 2. The Labute approximate surface area is 106 Å². The van der Waals surface area contributed by atoms with Gasteiger partial charge in [-0.2, -0.15) is 0 Å². The minimum atomic E-state index is -0.551. The summed E-state index contributed by atoms with van der Waals surface area (Å²) in [5.41, 5.74) is -0.551. The largest absolute Gasteiger partial charge is 0.444 e. The third kappa shape index (κ3) is 5.03. The van der Waals surface area contributed by atoms with E-state index >= 15 is 0 Å². The minimum absolute atomic E-state index is 0.0191. The van der Waals surface area contributed by atoms with Crippen molar-refractivity contribution in [2.45, 2.75) is 26.4 Å². The Morgan fingerprint density at radius 2 is 2.11 bits per heavy atom. The van der Waals surface area contributed by atoms with Gasteiger partial charge in [-0.15, -0.1) is 0 Å². The van der Waals surface area contributed by atoms with Crippen molar-refractivity contribution in [3.8, 4) is 0 Å². The summed E-state index contributed by atoms with van der Waals surface area (Å²) in [4.78, 5) is 35.2. The normalized spacial score (nSPS) is 16.3. The zero-order chi connectivity index (χ0) is 13.8. The highest BCUT2D eigenvalue weighted by molar-refractivity contribution is 5.92. The molecule has 3 amide bonds. The molecule has 0 aromatic rings. The molecule has 1 fully saturated rings. The number of carbonyl (C=O) groups excluding carboxylic acids is 3. The first kappa shape index (κ1) is 14.3. The molecule has 1 aliphatic heterocycles. The van der Waals surface area contributed by atoms with Crippen LogP contribution in [0.15, 0.2) is 0 Å². The lowest BCUT2D eigenvalue weighted by Crippen LogP contribution is -2.53. The third-order valence-electron chi connectivity index (χ3n) is 2.17. The summed E-state index contributed by atoms with van der Waals surface area (Å²) in [6, 6.07) is 0. The number of hydrogen-bond acceptors (Lipinski definition) is 4. The predicted molar refractivity (Wildman–Crippen MR) is 63.8 cm³/mol. The maximum Gasteiger partial charge on any atom is 0.407 e. The Morgan fingerprint density at radius 3 is 2.72 bits per heavy atom. The lowest BCUT2D eigenvalue weighted by atomic mass is 10.2. The van der Waals surface area contributed by atoms with Crippen LogP contribution in [0.3, 0.4) is 0 Å². The molecule has 7 heteroatoms. The van der Waals surface area contributed by atoms with Crippen molar-refractivity contribution in [2.75, 3.05) is 26.2 Å². The summed E-state index contributed by atoms with van der Waals surface area (Å²) in [7, 11) is 0. The average Bonchev–Trinajstić information content (AvgIpc) is 2.20. The molecule has 0 spiro atoms. The monoisotopic (exact) mass is 257 g/mol. The second-order valence-corrected chi connectivity index (χ2v) is 5.02. The van der Waals surface area contributed by atoms with Crippen molar-refractivity contribution in [3.05, 3.63) is 0 Å². The molecule has 0 atom stereocenters. The Morgan fingerprint density at radius 1 is 1.44 bits per heavy atom. The number of rotatable bonds is 3. The first-order valence-corrected chi connectivity index (χ1v) is 5.79. The van der Waals surface area contributed by atoms with Crippen molar-refractivity contribution in [1.29, 1.82) is 0 Å². The summed E-state index contributed by atoms with van der Waals surface area (Å²) in [5, 5.41) is 4.98. The first-order valence-electron chi connectivity index (χ1n) is 5.79. The molecule has 2 N–H and O–H groups in total. The fourth-order valence-electron chi connectivity index (χ4n) is 1.41. The standard InChI is InChI=1S/C11H19N3O4/c1-11(2,3)18-10(17)12-4-5-14-7-8(15)13-6-9(14)16/h4-7H2,1-3H3,(H,12,17)(H,13,15). The number of piperazine rings is 1. The summed E-state index contributed by atoms with van der Waals surface area (Å²) in [5.74, 6) is -0.340. The van der Waals surface area contributed by atoms with Gasteiger partial charge in [0.2, 0.25) is 11.8 Å². The molecule has 1 heterocycles. The zero-order valence-electron chi connectivity index (χ0n) is 10.9. The van der Waals surface area contributed by atoms with Gasteiger partial charge in [-0.1, -0.05) is 0 Å². The van der Waals surface area contributed by atoms with E-state index in [0.29, 0.717) is 6.54 Å². The Bertz CT molecular complexity index is 349. The maximum absolute atomic E-state index is 11.4. The highest BCUT2D eigenvalue weighted by Crippen LogP contribution is 2.06. The molecule has 0 aromatic carbocycles. The van der Waals surface area contributed by atoms with E-state index < -0.39 is 11.7 Å². The fraction of sp³-hybridized carbons (Fsp3) is 0.727. The van der Waals surface area contributed by atoms with Crippen LogP contribution in [0.4, 0.5) is 4.79 Å². The summed E-state index contributed by atoms with van der Waals surface area (Å²) >= 11 is 0. The van der Waals surface area contributed by atoms with Crippen LogP contribution in [0, 0.1) is 0 Å². The van der Waals surface area contributed by atoms with Gasteiger partial charge in [-0.3, -0.25) is 9.59 Å². The predicted octanol–water partition coefficient (Wildman–Crippen LogP) is -0.530. The third-order valence-corrected chi connectivity index (χ3v) is 2.17. The van der Waals surface area contributed by atoms with E-state index in [2.05, 4.69) is 10.6 Å². The van der Waals surface area contributed by atoms with E-state index in [0.717, 1.165) is 0 Å². The fourth-order valence-corrected chi connectivity index (χ4v) is 1.41. The first-order chi connectivity index (χ1) is 8.28. The van der Waals surface area contributed by atoms with Gasteiger partial charge >= 0.3 is 6.09 Å². The van der Waals surface area contributed by atoms with E-state index in [1.165, 1.54) is 4.90 Å². The SMILES string of the molecule is CC(C)(C)OC(=O)NCCN1CC(=O)NCC1=O. The number of alkyl carbamates (subject to hydrolysis) is 1. The van der Waals surface area contributed by atoms with Crippen molar-refractivity contribution in [3.63, 3.8) is 0 Å². The second-order valence-electron chi connectivity index (χ2n) is 5.02. The lowest BCUT2D eigenvalue weighted by molar-refractivity contribution is -0.140. The van der Waals surface area contributed by atoms with Crippen LogP contribution in [-0.4, -0.2) is 54.6 Å². The molecule has 0 bridgehead atoms. The number of amides is 3. The van der Waals surface area contributed by atoms with Gasteiger partial charge in [0, 0.05) is 13.1 Å². The number of carbonyl (C=O) groups is 3. The summed E-state index contributed by atoms with van der Waals surface area (Å²) in [6.45, 7) is 5.92. The molecule has 0 radical (unpaired) electrons. The number of nitrogens with one attached hydrogen (secondary N) is 2. The molecule has 1 aliphatic rings. The van der Waals surface area contributed by atoms with Crippen LogP contribution in [0.2, 0.25) is 0 Å². The second kappa shape index (κ2) is 5.70. The van der Waals surface area contributed by atoms with Crippen LogP contribution in [0.25, 0.3) is 0 Å². The number of nitrogens with zero attached hydrogens (tertiary/aromatic N) is 1. The summed E-state index contributed by atoms with van der Waals surface area (Å²) < 4.78 is 5.04. The zero-order valence-corrected chi connectivity index (χ0v) is 10.9. The van der Waals surface area contributed by atoms with E-state index in [9.17, 15) is 14.4 Å². The maximum atomic E-state index is 11.4. The topological polar surface area (TPSA) is 87.7 Å². The van der Waals surface area contributed by atoms with Crippen LogP contribution in [0.1, 0.15) is 20.8 Å². The van der Waals surface area contributed by atoms with Crippen molar-refractivity contribution < 1.29 is 19.1 Å². The van der Waals surface area contributed by atoms with E-state index in [1.54, 1.807) is 20.8 Å². The van der Waals surface area contributed by atoms with Crippen LogP contribution in [0.5, 0.6) is 0 Å². The minimum Gasteiger partial charge on any atom is -0.444 e. The van der Waals surface area contributed by atoms with Gasteiger partial charge in [0.05, 0.1) is 13.1 Å². The van der Waals surface area contributed by atoms with Crippen LogP contribution < -0.4 is 10.6 Å². The smallest absolute Gasteiger partial charge is 0.407 e. The lowest BCUT2D eigenvalue weighted by Gasteiger charge is -2.26. The van der Waals surface area contributed by atoms with Gasteiger partial charge < -0.3 is 20.3 Å². The molecule has 102 valence electrons. The van der Waals surface area contributed by atoms with Gasteiger partial charge in [0.25, 0.3) is 0 Å². The van der Waals surface area contributed by atoms with Crippen molar-refractivity contribution in [1.82, 2.24) is 15.5 Å². The Kier molecular flexibility index (Phi) is 4.52. The van der Waals surface area contributed by atoms with Gasteiger partial charge in [0.15, 0.2) is 0 Å². The Hall–Kier alpha value is -1.79. The highest BCUT2D eigenvalue weighted by Gasteiger charge is 2.23. The van der Waals surface area contributed by atoms with Gasteiger partial charge in [-0.05, 0) is 20.8 Å². The van der Waals surface area contributed by atoms with Crippen molar-refractivity contribution >= 4 is 17.9 Å². The van der Waals surface area contributed by atoms with Crippen LogP contribution in [-0.2, 0) is 14.3 Å². The summed E-state index contributed by atoms with van der Waals surface area (Å²) in [6.07, 6.45) is -0.531. The molecule has 0 unspecified atom stereocenters. The molecule has 1 saturated heterocycles. The quantitative estimate of drug-likeness (QED) is 0.711. The van der Waals surface area contributed by atoms with Crippen LogP contribution >= 0.6 is 0 Å². The molecule has 18 heavy (non-hydrogen) atoms. The van der Waals surface area contributed by atoms with E-state index in [1.807, 2.05) is 0 Å². The molecule has 1 rings (SSSR count). The van der Waals surface area contributed by atoms with Crippen molar-refractivity contribution in [2.24, 2.45) is 0 Å². The number of ether oxygens (including phenoxy) is 1. The molecule has 0 aromatic heterocycles.